The second-order valence-electron chi connectivity index (χ2n) is 19.0. The summed E-state index contributed by atoms with van der Waals surface area (Å²) in [5.41, 5.74) is 0. The van der Waals surface area contributed by atoms with Gasteiger partial charge in [-0.05, 0) is 44.9 Å². The summed E-state index contributed by atoms with van der Waals surface area (Å²) in [4.78, 5) is 26.1. The minimum atomic E-state index is -0.783. The van der Waals surface area contributed by atoms with Crippen molar-refractivity contribution in [2.45, 2.75) is 322 Å². The molecule has 0 aliphatic heterocycles. The number of allylic oxidation sites excluding steroid dienone is 2. The molecule has 1 amide bonds. The van der Waals surface area contributed by atoms with Gasteiger partial charge >= 0.3 is 5.97 Å². The summed E-state index contributed by atoms with van der Waals surface area (Å²) in [6.07, 6.45) is 55.6. The monoisotopic (exact) mass is 862 g/mol. The van der Waals surface area contributed by atoms with Crippen molar-refractivity contribution in [2.75, 3.05) is 6.61 Å². The molecule has 0 radical (unpaired) electrons. The number of aliphatic hydroxyl groups is 2. The fourth-order valence-electron chi connectivity index (χ4n) is 8.65. The maximum atomic E-state index is 13.2. The van der Waals surface area contributed by atoms with Crippen LogP contribution < -0.4 is 5.32 Å². The Morgan fingerprint density at radius 2 is 0.803 bits per heavy atom. The molecule has 0 bridgehead atoms. The Morgan fingerprint density at radius 3 is 1.21 bits per heavy atom. The third-order valence-electron chi connectivity index (χ3n) is 12.8. The summed E-state index contributed by atoms with van der Waals surface area (Å²) >= 11 is 0. The van der Waals surface area contributed by atoms with E-state index >= 15 is 0 Å². The summed E-state index contributed by atoms with van der Waals surface area (Å²) in [5.74, 6) is -0.466. The first-order valence-corrected chi connectivity index (χ1v) is 27.4. The first-order valence-electron chi connectivity index (χ1n) is 27.4. The lowest BCUT2D eigenvalue weighted by Gasteiger charge is -2.24. The average Bonchev–Trinajstić information content (AvgIpc) is 3.25. The molecule has 362 valence electrons. The highest BCUT2D eigenvalue weighted by Gasteiger charge is 2.24. The first kappa shape index (κ1) is 59.6. The summed E-state index contributed by atoms with van der Waals surface area (Å²) in [6, 6.07) is -0.696. The Morgan fingerprint density at radius 1 is 0.459 bits per heavy atom. The van der Waals surface area contributed by atoms with Gasteiger partial charge in [0.05, 0.1) is 25.2 Å². The van der Waals surface area contributed by atoms with E-state index in [-0.39, 0.29) is 24.9 Å². The number of amides is 1. The quantitative estimate of drug-likeness (QED) is 0.0322. The SMILES string of the molecule is CCCC/C=C\CCCCCCCC(=O)OC(CCCCCCCCCCCCCCCC)CC(=O)NC(CO)C(O)CCCCCCCCCCCCCCCCCCC. The zero-order valence-corrected chi connectivity index (χ0v) is 41.3. The van der Waals surface area contributed by atoms with Crippen LogP contribution in [0.2, 0.25) is 0 Å². The number of carbonyl (C=O) groups excluding carboxylic acids is 2. The van der Waals surface area contributed by atoms with E-state index in [1.807, 2.05) is 0 Å². The van der Waals surface area contributed by atoms with E-state index in [2.05, 4.69) is 38.2 Å². The van der Waals surface area contributed by atoms with Crippen molar-refractivity contribution in [3.8, 4) is 0 Å². The van der Waals surface area contributed by atoms with Crippen LogP contribution in [0.25, 0.3) is 0 Å². The Labute approximate surface area is 380 Å². The van der Waals surface area contributed by atoms with E-state index in [4.69, 9.17) is 4.74 Å². The molecule has 0 heterocycles. The molecule has 0 aromatic heterocycles. The number of rotatable bonds is 50. The van der Waals surface area contributed by atoms with Crippen LogP contribution in [0.5, 0.6) is 0 Å². The number of hydrogen-bond donors (Lipinski definition) is 3. The normalized spacial score (nSPS) is 13.2. The summed E-state index contributed by atoms with van der Waals surface area (Å²) < 4.78 is 5.93. The minimum absolute atomic E-state index is 0.0817. The Balaban J connectivity index is 4.46. The number of esters is 1. The lowest BCUT2D eigenvalue weighted by atomic mass is 10.0. The minimum Gasteiger partial charge on any atom is -0.462 e. The molecule has 0 aromatic carbocycles. The molecule has 0 saturated carbocycles. The van der Waals surface area contributed by atoms with E-state index in [1.54, 1.807) is 0 Å². The second kappa shape index (κ2) is 49.6. The van der Waals surface area contributed by atoms with Crippen molar-refractivity contribution in [2.24, 2.45) is 0 Å². The van der Waals surface area contributed by atoms with E-state index in [1.165, 1.54) is 205 Å². The van der Waals surface area contributed by atoms with Gasteiger partial charge in [-0.25, -0.2) is 0 Å². The third-order valence-corrected chi connectivity index (χ3v) is 12.8. The van der Waals surface area contributed by atoms with Gasteiger partial charge in [-0.15, -0.1) is 0 Å². The molecule has 6 nitrogen and oxygen atoms in total. The number of unbranched alkanes of at least 4 members (excludes halogenated alkanes) is 36. The van der Waals surface area contributed by atoms with Crippen LogP contribution in [0, 0.1) is 0 Å². The smallest absolute Gasteiger partial charge is 0.306 e. The molecule has 3 N–H and O–H groups in total. The predicted octanol–water partition coefficient (Wildman–Crippen LogP) is 16.5. The molecule has 0 aliphatic carbocycles. The first-order chi connectivity index (χ1) is 30.0. The Bertz CT molecular complexity index is 924. The van der Waals surface area contributed by atoms with E-state index < -0.39 is 18.2 Å². The van der Waals surface area contributed by atoms with Crippen LogP contribution in [-0.4, -0.2) is 46.9 Å². The molecule has 0 aliphatic rings. The zero-order chi connectivity index (χ0) is 44.5. The van der Waals surface area contributed by atoms with Crippen molar-refractivity contribution in [1.29, 1.82) is 0 Å². The van der Waals surface area contributed by atoms with Gasteiger partial charge in [-0.3, -0.25) is 9.59 Å². The fraction of sp³-hybridized carbons (Fsp3) is 0.927. The second-order valence-corrected chi connectivity index (χ2v) is 19.0. The lowest BCUT2D eigenvalue weighted by Crippen LogP contribution is -2.46. The highest BCUT2D eigenvalue weighted by atomic mass is 16.5. The highest BCUT2D eigenvalue weighted by molar-refractivity contribution is 5.77. The van der Waals surface area contributed by atoms with Gasteiger partial charge in [0.2, 0.25) is 5.91 Å². The molecule has 0 fully saturated rings. The molecular formula is C55H107NO5. The fourth-order valence-corrected chi connectivity index (χ4v) is 8.65. The van der Waals surface area contributed by atoms with Crippen molar-refractivity contribution in [1.82, 2.24) is 5.32 Å². The third kappa shape index (κ3) is 45.0. The summed E-state index contributed by atoms with van der Waals surface area (Å²) in [6.45, 7) is 6.48. The average molecular weight is 862 g/mol. The maximum Gasteiger partial charge on any atom is 0.306 e. The standard InChI is InChI=1S/C55H107NO5/c1-4-7-10-13-16-19-22-24-26-27-28-30-33-35-38-41-44-47-53(58)52(50-57)56-54(59)49-51(46-43-40-37-34-32-29-25-23-20-17-14-11-8-5-2)61-55(60)48-45-42-39-36-31-21-18-15-12-9-6-3/h15,18,51-53,57-58H,4-14,16-17,19-50H2,1-3H3,(H,56,59)/b18-15-. The largest absolute Gasteiger partial charge is 0.462 e. The van der Waals surface area contributed by atoms with Crippen molar-refractivity contribution in [3.05, 3.63) is 12.2 Å². The highest BCUT2D eigenvalue weighted by Crippen LogP contribution is 2.19. The molecule has 0 spiro atoms. The number of carbonyl (C=O) groups is 2. The topological polar surface area (TPSA) is 95.9 Å². The number of aliphatic hydroxyl groups excluding tert-OH is 2. The maximum absolute atomic E-state index is 13.2. The van der Waals surface area contributed by atoms with Crippen LogP contribution in [0.4, 0.5) is 0 Å². The van der Waals surface area contributed by atoms with Crippen molar-refractivity contribution >= 4 is 11.9 Å². The molecule has 61 heavy (non-hydrogen) atoms. The van der Waals surface area contributed by atoms with E-state index in [9.17, 15) is 19.8 Å². The molecule has 0 rings (SSSR count). The van der Waals surface area contributed by atoms with E-state index in [0.29, 0.717) is 19.3 Å². The van der Waals surface area contributed by atoms with Crippen LogP contribution in [-0.2, 0) is 14.3 Å². The van der Waals surface area contributed by atoms with Crippen molar-refractivity contribution < 1.29 is 24.5 Å². The predicted molar refractivity (Wildman–Crippen MR) is 264 cm³/mol. The molecule has 0 aromatic rings. The molecule has 3 unspecified atom stereocenters. The Kier molecular flexibility index (Phi) is 48.5. The van der Waals surface area contributed by atoms with Gasteiger partial charge in [-0.1, -0.05) is 258 Å². The summed E-state index contributed by atoms with van der Waals surface area (Å²) in [5, 5.41) is 23.8. The molecule has 0 saturated heterocycles. The molecular weight excluding hydrogens is 755 g/mol. The molecule has 3 atom stereocenters. The number of nitrogens with one attached hydrogen (secondary N) is 1. The molecule has 6 heteroatoms. The van der Waals surface area contributed by atoms with Gasteiger partial charge in [0.25, 0.3) is 0 Å². The number of ether oxygens (including phenoxy) is 1. The van der Waals surface area contributed by atoms with Crippen LogP contribution in [0.1, 0.15) is 303 Å². The van der Waals surface area contributed by atoms with Crippen LogP contribution in [0.3, 0.4) is 0 Å². The van der Waals surface area contributed by atoms with E-state index in [0.717, 1.165) is 51.4 Å². The van der Waals surface area contributed by atoms with Crippen molar-refractivity contribution in [3.63, 3.8) is 0 Å². The zero-order valence-electron chi connectivity index (χ0n) is 41.3. The Hall–Kier alpha value is -1.40. The van der Waals surface area contributed by atoms with Gasteiger partial charge in [0.1, 0.15) is 6.10 Å². The van der Waals surface area contributed by atoms with Crippen LogP contribution >= 0.6 is 0 Å². The van der Waals surface area contributed by atoms with Gasteiger partial charge in [0.15, 0.2) is 0 Å². The summed E-state index contributed by atoms with van der Waals surface area (Å²) in [7, 11) is 0. The van der Waals surface area contributed by atoms with Gasteiger partial charge < -0.3 is 20.3 Å². The van der Waals surface area contributed by atoms with Gasteiger partial charge in [0, 0.05) is 6.42 Å². The van der Waals surface area contributed by atoms with Crippen LogP contribution in [0.15, 0.2) is 12.2 Å². The van der Waals surface area contributed by atoms with Gasteiger partial charge in [-0.2, -0.15) is 0 Å². The lowest BCUT2D eigenvalue weighted by molar-refractivity contribution is -0.151. The number of hydrogen-bond acceptors (Lipinski definition) is 5.